The van der Waals surface area contributed by atoms with Gasteiger partial charge in [-0.3, -0.25) is 4.79 Å². The van der Waals surface area contributed by atoms with E-state index in [1.54, 1.807) is 0 Å². The molecule has 0 amide bonds. The van der Waals surface area contributed by atoms with Gasteiger partial charge in [0.25, 0.3) is 0 Å². The van der Waals surface area contributed by atoms with Crippen LogP contribution in [0.3, 0.4) is 0 Å². The fraction of sp³-hybridized carbons (Fsp3) is 0.917. The predicted molar refractivity (Wildman–Crippen MR) is 60.3 cm³/mol. The summed E-state index contributed by atoms with van der Waals surface area (Å²) in [6.07, 6.45) is 6.43. The number of hydrogen-bond donors (Lipinski definition) is 1. The van der Waals surface area contributed by atoms with E-state index in [0.29, 0.717) is 19.6 Å². The molecule has 0 aromatic rings. The van der Waals surface area contributed by atoms with Gasteiger partial charge in [0.2, 0.25) is 0 Å². The van der Waals surface area contributed by atoms with Crippen LogP contribution in [0.1, 0.15) is 51.9 Å². The van der Waals surface area contributed by atoms with Crippen LogP contribution in [-0.2, 0) is 14.3 Å². The van der Waals surface area contributed by atoms with E-state index in [1.165, 1.54) is 19.3 Å². The smallest absolute Gasteiger partial charge is 0.308 e. The summed E-state index contributed by atoms with van der Waals surface area (Å²) in [6.45, 7) is 3.21. The van der Waals surface area contributed by atoms with Crippen LogP contribution in [0.15, 0.2) is 0 Å². The Morgan fingerprint density at radius 3 is 2.38 bits per heavy atom. The summed E-state index contributed by atoms with van der Waals surface area (Å²) in [5.41, 5.74) is 0. The Balaban J connectivity index is 2.25. The second-order valence-corrected chi connectivity index (χ2v) is 4.34. The van der Waals surface area contributed by atoms with Crippen LogP contribution in [0.2, 0.25) is 0 Å². The van der Waals surface area contributed by atoms with Crippen molar-refractivity contribution in [3.8, 4) is 0 Å². The molecular weight excluding hydrogens is 208 g/mol. The monoisotopic (exact) mass is 230 g/mol. The minimum Gasteiger partial charge on any atom is -0.481 e. The third-order valence-corrected chi connectivity index (χ3v) is 2.90. The summed E-state index contributed by atoms with van der Waals surface area (Å²) in [6, 6.07) is 0. The lowest BCUT2D eigenvalue weighted by atomic mass is 10.0. The minimum atomic E-state index is -0.851. The molecule has 0 aliphatic carbocycles. The van der Waals surface area contributed by atoms with Crippen LogP contribution >= 0.6 is 0 Å². The molecule has 4 heteroatoms. The van der Waals surface area contributed by atoms with Crippen molar-refractivity contribution in [2.75, 3.05) is 13.2 Å². The third kappa shape index (κ3) is 4.49. The first-order valence-electron chi connectivity index (χ1n) is 6.18. The third-order valence-electron chi connectivity index (χ3n) is 2.90. The van der Waals surface area contributed by atoms with Gasteiger partial charge < -0.3 is 14.6 Å². The van der Waals surface area contributed by atoms with Crippen molar-refractivity contribution in [1.82, 2.24) is 0 Å². The first-order valence-corrected chi connectivity index (χ1v) is 6.18. The zero-order chi connectivity index (χ0) is 11.9. The van der Waals surface area contributed by atoms with Crippen LogP contribution < -0.4 is 0 Å². The average molecular weight is 230 g/mol. The highest BCUT2D eigenvalue weighted by Crippen LogP contribution is 2.29. The van der Waals surface area contributed by atoms with Crippen LogP contribution in [0, 0.1) is 0 Å². The number of aliphatic carboxylic acids is 1. The molecule has 1 aliphatic rings. The molecule has 0 aromatic carbocycles. The summed E-state index contributed by atoms with van der Waals surface area (Å²) in [5, 5.41) is 8.82. The minimum absolute atomic E-state index is 0.0409. The molecule has 1 rings (SSSR count). The molecule has 0 unspecified atom stereocenters. The Morgan fingerprint density at radius 2 is 1.81 bits per heavy atom. The van der Waals surface area contributed by atoms with Gasteiger partial charge in [-0.25, -0.2) is 0 Å². The highest BCUT2D eigenvalue weighted by molar-refractivity contribution is 5.67. The van der Waals surface area contributed by atoms with Crippen molar-refractivity contribution in [1.29, 1.82) is 0 Å². The van der Waals surface area contributed by atoms with E-state index in [0.717, 1.165) is 12.8 Å². The van der Waals surface area contributed by atoms with E-state index in [-0.39, 0.29) is 6.42 Å². The zero-order valence-corrected chi connectivity index (χ0v) is 10.0. The molecule has 0 saturated carbocycles. The molecule has 16 heavy (non-hydrogen) atoms. The molecule has 0 atom stereocenters. The average Bonchev–Trinajstić information content (AvgIpc) is 2.65. The van der Waals surface area contributed by atoms with E-state index in [4.69, 9.17) is 14.6 Å². The lowest BCUT2D eigenvalue weighted by Crippen LogP contribution is -2.33. The van der Waals surface area contributed by atoms with E-state index in [1.807, 2.05) is 0 Å². The second kappa shape index (κ2) is 6.86. The first kappa shape index (κ1) is 13.5. The molecule has 0 spiro atoms. The van der Waals surface area contributed by atoms with Crippen LogP contribution in [-0.4, -0.2) is 30.1 Å². The van der Waals surface area contributed by atoms with E-state index in [2.05, 4.69) is 6.92 Å². The number of ether oxygens (including phenoxy) is 2. The summed E-state index contributed by atoms with van der Waals surface area (Å²) < 4.78 is 10.9. The summed E-state index contributed by atoms with van der Waals surface area (Å²) in [7, 11) is 0. The maximum Gasteiger partial charge on any atom is 0.308 e. The second-order valence-electron chi connectivity index (χ2n) is 4.34. The van der Waals surface area contributed by atoms with Crippen LogP contribution in [0.25, 0.3) is 0 Å². The van der Waals surface area contributed by atoms with Gasteiger partial charge in [0.05, 0.1) is 19.6 Å². The number of carboxylic acids is 1. The Bertz CT molecular complexity index is 209. The number of hydrogen-bond acceptors (Lipinski definition) is 3. The standard InChI is InChI=1S/C12H22O4/c1-2-3-4-5-6-7-12(10-11(13)14)15-8-9-16-12/h2-10H2,1H3,(H,13,14). The van der Waals surface area contributed by atoms with Crippen LogP contribution in [0.4, 0.5) is 0 Å². The Morgan fingerprint density at radius 1 is 1.19 bits per heavy atom. The van der Waals surface area contributed by atoms with Gasteiger partial charge >= 0.3 is 5.97 Å². The number of unbranched alkanes of at least 4 members (excludes halogenated alkanes) is 4. The van der Waals surface area contributed by atoms with Crippen molar-refractivity contribution >= 4 is 5.97 Å². The molecule has 4 nitrogen and oxygen atoms in total. The van der Waals surface area contributed by atoms with Gasteiger partial charge in [-0.1, -0.05) is 32.6 Å². The Hall–Kier alpha value is -0.610. The summed E-state index contributed by atoms with van der Waals surface area (Å²) >= 11 is 0. The first-order chi connectivity index (χ1) is 7.68. The summed E-state index contributed by atoms with van der Waals surface area (Å²) in [5.74, 6) is -1.69. The lowest BCUT2D eigenvalue weighted by molar-refractivity contribution is -0.182. The molecule has 1 saturated heterocycles. The molecule has 1 N–H and O–H groups in total. The molecule has 0 radical (unpaired) electrons. The molecule has 1 heterocycles. The zero-order valence-electron chi connectivity index (χ0n) is 10.0. The van der Waals surface area contributed by atoms with Gasteiger partial charge in [-0.05, 0) is 6.42 Å². The van der Waals surface area contributed by atoms with Gasteiger partial charge in [0.1, 0.15) is 0 Å². The Kier molecular flexibility index (Phi) is 5.77. The highest BCUT2D eigenvalue weighted by atomic mass is 16.7. The fourth-order valence-corrected chi connectivity index (χ4v) is 2.06. The highest BCUT2D eigenvalue weighted by Gasteiger charge is 2.38. The molecule has 0 aromatic heterocycles. The largest absolute Gasteiger partial charge is 0.481 e. The summed E-state index contributed by atoms with van der Waals surface area (Å²) in [4.78, 5) is 10.7. The quantitative estimate of drug-likeness (QED) is 0.651. The number of rotatable bonds is 8. The van der Waals surface area contributed by atoms with Crippen molar-refractivity contribution in [3.63, 3.8) is 0 Å². The van der Waals surface area contributed by atoms with Crippen molar-refractivity contribution in [2.45, 2.75) is 57.7 Å². The van der Waals surface area contributed by atoms with Crippen molar-refractivity contribution < 1.29 is 19.4 Å². The predicted octanol–water partition coefficient (Wildman–Crippen LogP) is 2.56. The van der Waals surface area contributed by atoms with E-state index < -0.39 is 11.8 Å². The van der Waals surface area contributed by atoms with Crippen molar-refractivity contribution in [2.24, 2.45) is 0 Å². The maximum atomic E-state index is 10.7. The molecule has 0 bridgehead atoms. The molecular formula is C12H22O4. The Labute approximate surface area is 96.9 Å². The molecule has 1 aliphatic heterocycles. The number of carboxylic acid groups (broad SMARTS) is 1. The van der Waals surface area contributed by atoms with Crippen LogP contribution in [0.5, 0.6) is 0 Å². The fourth-order valence-electron chi connectivity index (χ4n) is 2.06. The maximum absolute atomic E-state index is 10.7. The number of carbonyl (C=O) groups is 1. The molecule has 94 valence electrons. The lowest BCUT2D eigenvalue weighted by Gasteiger charge is -2.25. The van der Waals surface area contributed by atoms with E-state index in [9.17, 15) is 4.79 Å². The van der Waals surface area contributed by atoms with Gasteiger partial charge in [-0.15, -0.1) is 0 Å². The normalized spacial score (nSPS) is 18.8. The van der Waals surface area contributed by atoms with E-state index >= 15 is 0 Å². The van der Waals surface area contributed by atoms with Crippen molar-refractivity contribution in [3.05, 3.63) is 0 Å². The topological polar surface area (TPSA) is 55.8 Å². The van der Waals surface area contributed by atoms with Gasteiger partial charge in [0.15, 0.2) is 5.79 Å². The molecule has 1 fully saturated rings. The van der Waals surface area contributed by atoms with Gasteiger partial charge in [-0.2, -0.15) is 0 Å². The van der Waals surface area contributed by atoms with Gasteiger partial charge in [0, 0.05) is 6.42 Å². The SMILES string of the molecule is CCCCCCCC1(CC(=O)O)OCCO1.